The minimum atomic E-state index is 0.657. The van der Waals surface area contributed by atoms with Gasteiger partial charge in [-0.3, -0.25) is 4.79 Å². The molecule has 2 rings (SSSR count). The number of hydrogen-bond donors (Lipinski definition) is 0. The molecule has 21 heavy (non-hydrogen) atoms. The van der Waals surface area contributed by atoms with Crippen LogP contribution in [0, 0.1) is 0 Å². The van der Waals surface area contributed by atoms with Crippen molar-refractivity contribution in [1.82, 2.24) is 0 Å². The Morgan fingerprint density at radius 1 is 1.14 bits per heavy atom. The molecule has 0 heterocycles. The third-order valence-corrected chi connectivity index (χ3v) is 3.57. The molecule has 0 spiro atoms. The highest BCUT2D eigenvalue weighted by Crippen LogP contribution is 2.29. The van der Waals surface area contributed by atoms with Gasteiger partial charge in [0.15, 0.2) is 0 Å². The van der Waals surface area contributed by atoms with E-state index in [1.165, 1.54) is 12.0 Å². The second-order valence-corrected chi connectivity index (χ2v) is 5.12. The molecule has 112 valence electrons. The van der Waals surface area contributed by atoms with Crippen molar-refractivity contribution in [1.29, 1.82) is 0 Å². The number of ether oxygens (including phenoxy) is 2. The lowest BCUT2D eigenvalue weighted by atomic mass is 9.91. The van der Waals surface area contributed by atoms with Crippen LogP contribution < -0.4 is 4.74 Å². The molecular weight excluding hydrogens is 264 g/mol. The van der Waals surface area contributed by atoms with E-state index in [0.717, 1.165) is 43.5 Å². The zero-order valence-corrected chi connectivity index (χ0v) is 12.3. The Labute approximate surface area is 126 Å². The number of rotatable bonds is 9. The lowest BCUT2D eigenvalue weighted by Gasteiger charge is -2.20. The van der Waals surface area contributed by atoms with Gasteiger partial charge in [-0.25, -0.2) is 0 Å². The van der Waals surface area contributed by atoms with Crippen LogP contribution in [0.4, 0.5) is 0 Å². The quantitative estimate of drug-likeness (QED) is 0.386. The fourth-order valence-corrected chi connectivity index (χ4v) is 2.12. The normalized spacial score (nSPS) is 13.2. The van der Waals surface area contributed by atoms with E-state index < -0.39 is 0 Å². The minimum absolute atomic E-state index is 0.657. The molecule has 1 aromatic carbocycles. The van der Waals surface area contributed by atoms with Gasteiger partial charge in [0.05, 0.1) is 13.2 Å². The Hall–Kier alpha value is -2.03. The topological polar surface area (TPSA) is 35.5 Å². The number of benzene rings is 1. The third kappa shape index (κ3) is 4.78. The van der Waals surface area contributed by atoms with Gasteiger partial charge in [-0.2, -0.15) is 0 Å². The van der Waals surface area contributed by atoms with Crippen molar-refractivity contribution in [2.45, 2.75) is 32.1 Å². The van der Waals surface area contributed by atoms with Gasteiger partial charge in [0.2, 0.25) is 0 Å². The zero-order valence-electron chi connectivity index (χ0n) is 12.3. The summed E-state index contributed by atoms with van der Waals surface area (Å²) in [4.78, 5) is 10.5. The molecule has 1 saturated carbocycles. The van der Waals surface area contributed by atoms with Crippen LogP contribution in [-0.2, 0) is 4.74 Å². The van der Waals surface area contributed by atoms with Gasteiger partial charge in [0.1, 0.15) is 17.8 Å². The monoisotopic (exact) mass is 286 g/mol. The Balaban J connectivity index is 1.59. The maximum Gasteiger partial charge on any atom is 0.150 e. The summed E-state index contributed by atoms with van der Waals surface area (Å²) in [6, 6.07) is 7.15. The number of carbonyl (C=O) groups is 1. The molecule has 0 aliphatic heterocycles. The van der Waals surface area contributed by atoms with E-state index in [-0.39, 0.29) is 0 Å². The third-order valence-electron chi connectivity index (χ3n) is 3.57. The SMILES string of the molecule is C=CC(OCCCCOc1ccc(C=O)cc1)=C1CCC1. The number of allylic oxidation sites excluding steroid dienone is 2. The number of carbonyl (C=O) groups excluding carboxylic acids is 1. The second-order valence-electron chi connectivity index (χ2n) is 5.12. The van der Waals surface area contributed by atoms with E-state index >= 15 is 0 Å². The lowest BCUT2D eigenvalue weighted by molar-refractivity contribution is 0.112. The van der Waals surface area contributed by atoms with Crippen molar-refractivity contribution in [3.8, 4) is 5.75 Å². The first-order valence-corrected chi connectivity index (χ1v) is 7.49. The van der Waals surface area contributed by atoms with E-state index in [1.54, 1.807) is 12.1 Å². The van der Waals surface area contributed by atoms with Gasteiger partial charge in [-0.05, 0) is 68.0 Å². The van der Waals surface area contributed by atoms with Crippen molar-refractivity contribution >= 4 is 6.29 Å². The van der Waals surface area contributed by atoms with Gasteiger partial charge >= 0.3 is 0 Å². The van der Waals surface area contributed by atoms with Gasteiger partial charge in [0.25, 0.3) is 0 Å². The standard InChI is InChI=1S/C18H22O3/c1-2-18(16-6-5-7-16)21-13-4-3-12-20-17-10-8-15(14-19)9-11-17/h2,8-11,14H,1,3-7,12-13H2. The average Bonchev–Trinajstić information content (AvgIpc) is 2.48. The smallest absolute Gasteiger partial charge is 0.150 e. The number of aldehydes is 1. The van der Waals surface area contributed by atoms with Crippen LogP contribution in [0.5, 0.6) is 5.75 Å². The fourth-order valence-electron chi connectivity index (χ4n) is 2.12. The predicted molar refractivity (Wildman–Crippen MR) is 83.6 cm³/mol. The lowest BCUT2D eigenvalue weighted by Crippen LogP contribution is -2.05. The Morgan fingerprint density at radius 2 is 1.86 bits per heavy atom. The summed E-state index contributed by atoms with van der Waals surface area (Å²) >= 11 is 0. The molecule has 0 radical (unpaired) electrons. The Bertz CT molecular complexity index is 494. The summed E-state index contributed by atoms with van der Waals surface area (Å²) in [7, 11) is 0. The van der Waals surface area contributed by atoms with Gasteiger partial charge in [0, 0.05) is 5.56 Å². The van der Waals surface area contributed by atoms with Crippen LogP contribution >= 0.6 is 0 Å². The molecule has 1 aromatic rings. The summed E-state index contributed by atoms with van der Waals surface area (Å²) in [6.45, 7) is 5.16. The van der Waals surface area contributed by atoms with Crippen molar-refractivity contribution in [2.75, 3.05) is 13.2 Å². The first-order valence-electron chi connectivity index (χ1n) is 7.49. The van der Waals surface area contributed by atoms with Crippen LogP contribution in [0.2, 0.25) is 0 Å². The molecule has 0 unspecified atom stereocenters. The van der Waals surface area contributed by atoms with E-state index in [1.807, 2.05) is 18.2 Å². The second kappa shape index (κ2) is 8.30. The highest BCUT2D eigenvalue weighted by atomic mass is 16.5. The van der Waals surface area contributed by atoms with Crippen molar-refractivity contribution in [3.63, 3.8) is 0 Å². The van der Waals surface area contributed by atoms with Crippen LogP contribution in [-0.4, -0.2) is 19.5 Å². The molecular formula is C18H22O3. The molecule has 0 saturated heterocycles. The Kier molecular flexibility index (Phi) is 6.07. The van der Waals surface area contributed by atoms with Crippen LogP contribution in [0.3, 0.4) is 0 Å². The van der Waals surface area contributed by atoms with Crippen LogP contribution in [0.25, 0.3) is 0 Å². The average molecular weight is 286 g/mol. The van der Waals surface area contributed by atoms with Crippen molar-refractivity contribution in [3.05, 3.63) is 53.8 Å². The molecule has 1 aliphatic carbocycles. The minimum Gasteiger partial charge on any atom is -0.494 e. The molecule has 1 fully saturated rings. The molecule has 3 nitrogen and oxygen atoms in total. The maximum atomic E-state index is 10.5. The first kappa shape index (κ1) is 15.4. The number of hydrogen-bond acceptors (Lipinski definition) is 3. The van der Waals surface area contributed by atoms with Crippen LogP contribution in [0.1, 0.15) is 42.5 Å². The maximum absolute atomic E-state index is 10.5. The molecule has 1 aliphatic rings. The van der Waals surface area contributed by atoms with E-state index in [2.05, 4.69) is 6.58 Å². The van der Waals surface area contributed by atoms with Gasteiger partial charge in [-0.15, -0.1) is 0 Å². The first-order chi connectivity index (χ1) is 10.3. The summed E-state index contributed by atoms with van der Waals surface area (Å²) in [5.41, 5.74) is 2.06. The molecule has 0 atom stereocenters. The predicted octanol–water partition coefficient (Wildman–Crippen LogP) is 4.30. The molecule has 0 N–H and O–H groups in total. The molecule has 3 heteroatoms. The summed E-state index contributed by atoms with van der Waals surface area (Å²) < 4.78 is 11.4. The summed E-state index contributed by atoms with van der Waals surface area (Å²) in [5.74, 6) is 1.77. The number of unbranched alkanes of at least 4 members (excludes halogenated alkanes) is 1. The summed E-state index contributed by atoms with van der Waals surface area (Å²) in [6.07, 6.45) is 8.12. The largest absolute Gasteiger partial charge is 0.494 e. The van der Waals surface area contributed by atoms with Crippen molar-refractivity contribution < 1.29 is 14.3 Å². The Morgan fingerprint density at radius 3 is 2.43 bits per heavy atom. The summed E-state index contributed by atoms with van der Waals surface area (Å²) in [5, 5.41) is 0. The van der Waals surface area contributed by atoms with E-state index in [4.69, 9.17) is 9.47 Å². The van der Waals surface area contributed by atoms with Gasteiger partial charge in [-0.1, -0.05) is 6.58 Å². The molecule has 0 bridgehead atoms. The van der Waals surface area contributed by atoms with Crippen LogP contribution in [0.15, 0.2) is 48.3 Å². The highest BCUT2D eigenvalue weighted by Gasteiger charge is 2.13. The van der Waals surface area contributed by atoms with Gasteiger partial charge < -0.3 is 9.47 Å². The fraction of sp³-hybridized carbons (Fsp3) is 0.389. The zero-order chi connectivity index (χ0) is 14.9. The van der Waals surface area contributed by atoms with E-state index in [0.29, 0.717) is 18.8 Å². The molecule has 0 amide bonds. The van der Waals surface area contributed by atoms with Crippen molar-refractivity contribution in [2.24, 2.45) is 0 Å². The molecule has 0 aromatic heterocycles. The highest BCUT2D eigenvalue weighted by molar-refractivity contribution is 5.74. The van der Waals surface area contributed by atoms with E-state index in [9.17, 15) is 4.79 Å².